The minimum Gasteiger partial charge on any atom is -0.361 e. The standard InChI is InChI=1S/C26H29N5O3/c1-2-34-26(33)31-23-12-13-30(16-19-15-27-22-11-7-6-10-20(19)22)17-21(23)24(29-31)25(32)28-14-18-8-4-3-5-9-18/h3-11,15,26-27,33H,2,12-14,16-17H2,1H3,(H,28,32). The quantitative estimate of drug-likeness (QED) is 0.351. The first-order chi connectivity index (χ1) is 16.6. The molecule has 0 spiro atoms. The topological polar surface area (TPSA) is 95.4 Å². The number of fused-ring (bicyclic) bond motifs is 2. The molecule has 0 fully saturated rings. The van der Waals surface area contributed by atoms with Gasteiger partial charge in [0.2, 0.25) is 0 Å². The number of carbonyl (C=O) groups excluding carboxylic acids is 1. The van der Waals surface area contributed by atoms with E-state index in [0.29, 0.717) is 31.8 Å². The molecule has 0 bridgehead atoms. The van der Waals surface area contributed by atoms with Crippen LogP contribution < -0.4 is 5.32 Å². The van der Waals surface area contributed by atoms with Crippen molar-refractivity contribution in [2.75, 3.05) is 13.2 Å². The van der Waals surface area contributed by atoms with Crippen LogP contribution in [0.3, 0.4) is 0 Å². The Morgan fingerprint density at radius 3 is 2.82 bits per heavy atom. The summed E-state index contributed by atoms with van der Waals surface area (Å²) in [6, 6.07) is 18.0. The number of hydrogen-bond acceptors (Lipinski definition) is 5. The Morgan fingerprint density at radius 1 is 1.21 bits per heavy atom. The van der Waals surface area contributed by atoms with Crippen LogP contribution in [-0.2, 0) is 30.8 Å². The van der Waals surface area contributed by atoms with Crippen molar-refractivity contribution in [3.8, 4) is 0 Å². The highest BCUT2D eigenvalue weighted by Gasteiger charge is 2.30. The van der Waals surface area contributed by atoms with E-state index in [0.717, 1.165) is 35.4 Å². The van der Waals surface area contributed by atoms with E-state index in [9.17, 15) is 9.90 Å². The minimum absolute atomic E-state index is 0.253. The SMILES string of the molecule is CCOC(O)n1nc(C(=O)NCc2ccccc2)c2c1CCN(Cc1c[nH]c3ccccc13)C2. The number of hydrogen-bond donors (Lipinski definition) is 3. The van der Waals surface area contributed by atoms with E-state index in [-0.39, 0.29) is 5.91 Å². The summed E-state index contributed by atoms with van der Waals surface area (Å²) in [4.78, 5) is 18.8. The minimum atomic E-state index is -1.21. The van der Waals surface area contributed by atoms with Gasteiger partial charge in [-0.25, -0.2) is 4.68 Å². The Kier molecular flexibility index (Phi) is 6.44. The largest absolute Gasteiger partial charge is 0.361 e. The van der Waals surface area contributed by atoms with Crippen molar-refractivity contribution < 1.29 is 14.6 Å². The molecule has 0 aliphatic carbocycles. The third-order valence-corrected chi connectivity index (χ3v) is 6.27. The monoisotopic (exact) mass is 459 g/mol. The molecule has 5 rings (SSSR count). The molecular formula is C26H29N5O3. The Hall–Kier alpha value is -3.46. The van der Waals surface area contributed by atoms with Gasteiger partial charge in [0.1, 0.15) is 0 Å². The van der Waals surface area contributed by atoms with Crippen molar-refractivity contribution in [2.45, 2.75) is 39.4 Å². The summed E-state index contributed by atoms with van der Waals surface area (Å²) in [5, 5.41) is 19.2. The zero-order valence-corrected chi connectivity index (χ0v) is 19.2. The Morgan fingerprint density at radius 2 is 2.00 bits per heavy atom. The van der Waals surface area contributed by atoms with Gasteiger partial charge in [0.25, 0.3) is 12.3 Å². The van der Waals surface area contributed by atoms with Crippen LogP contribution in [-0.4, -0.2) is 43.8 Å². The first-order valence-corrected chi connectivity index (χ1v) is 11.6. The van der Waals surface area contributed by atoms with Gasteiger partial charge in [0, 0.05) is 61.9 Å². The van der Waals surface area contributed by atoms with Crippen LogP contribution in [0.5, 0.6) is 0 Å². The number of benzene rings is 2. The van der Waals surface area contributed by atoms with Crippen LogP contribution in [0.15, 0.2) is 60.8 Å². The third kappa shape index (κ3) is 4.48. The maximum Gasteiger partial charge on any atom is 0.272 e. The first kappa shape index (κ1) is 22.3. The lowest BCUT2D eigenvalue weighted by molar-refractivity contribution is -0.157. The summed E-state index contributed by atoms with van der Waals surface area (Å²) in [6.45, 7) is 4.69. The van der Waals surface area contributed by atoms with Crippen LogP contribution in [0.4, 0.5) is 0 Å². The lowest BCUT2D eigenvalue weighted by atomic mass is 10.0. The molecule has 2 aromatic heterocycles. The maximum atomic E-state index is 13.1. The summed E-state index contributed by atoms with van der Waals surface area (Å²) in [6.07, 6.45) is 1.51. The van der Waals surface area contributed by atoms with Crippen molar-refractivity contribution in [1.82, 2.24) is 25.0 Å². The molecule has 1 aliphatic rings. The predicted octanol–water partition coefficient (Wildman–Crippen LogP) is 3.34. The highest BCUT2D eigenvalue weighted by molar-refractivity contribution is 5.94. The fourth-order valence-corrected chi connectivity index (χ4v) is 4.59. The van der Waals surface area contributed by atoms with Gasteiger partial charge in [0.15, 0.2) is 5.69 Å². The van der Waals surface area contributed by atoms with Gasteiger partial charge < -0.3 is 20.1 Å². The second-order valence-electron chi connectivity index (χ2n) is 8.49. The highest BCUT2D eigenvalue weighted by Crippen LogP contribution is 2.28. The average molecular weight is 460 g/mol. The lowest BCUT2D eigenvalue weighted by Gasteiger charge is -2.28. The van der Waals surface area contributed by atoms with Gasteiger partial charge in [0.05, 0.1) is 5.69 Å². The number of rotatable bonds is 8. The molecule has 8 nitrogen and oxygen atoms in total. The predicted molar refractivity (Wildman–Crippen MR) is 129 cm³/mol. The molecule has 0 saturated heterocycles. The molecule has 176 valence electrons. The summed E-state index contributed by atoms with van der Waals surface area (Å²) >= 11 is 0. The summed E-state index contributed by atoms with van der Waals surface area (Å²) in [7, 11) is 0. The van der Waals surface area contributed by atoms with E-state index in [1.807, 2.05) is 49.4 Å². The molecule has 8 heteroatoms. The number of aromatic amines is 1. The van der Waals surface area contributed by atoms with Gasteiger partial charge >= 0.3 is 0 Å². The molecule has 3 heterocycles. The number of aromatic nitrogens is 3. The Bertz CT molecular complexity index is 1280. The van der Waals surface area contributed by atoms with E-state index in [1.165, 1.54) is 15.6 Å². The van der Waals surface area contributed by atoms with Gasteiger partial charge in [-0.05, 0) is 24.1 Å². The third-order valence-electron chi connectivity index (χ3n) is 6.27. The smallest absolute Gasteiger partial charge is 0.272 e. The van der Waals surface area contributed by atoms with Gasteiger partial charge in [-0.1, -0.05) is 48.5 Å². The van der Waals surface area contributed by atoms with E-state index < -0.39 is 6.41 Å². The second kappa shape index (κ2) is 9.80. The fraction of sp³-hybridized carbons (Fsp3) is 0.308. The number of H-pyrrole nitrogens is 1. The van der Waals surface area contributed by atoms with Gasteiger partial charge in [-0.15, -0.1) is 0 Å². The normalized spacial score (nSPS) is 14.8. The van der Waals surface area contributed by atoms with Crippen LogP contribution in [0.2, 0.25) is 0 Å². The maximum absolute atomic E-state index is 13.1. The van der Waals surface area contributed by atoms with E-state index in [1.54, 1.807) is 0 Å². The molecule has 0 saturated carbocycles. The molecule has 3 N–H and O–H groups in total. The van der Waals surface area contributed by atoms with Gasteiger partial charge in [-0.2, -0.15) is 5.10 Å². The van der Waals surface area contributed by atoms with Crippen LogP contribution in [0.25, 0.3) is 10.9 Å². The fourth-order valence-electron chi connectivity index (χ4n) is 4.59. The molecule has 0 radical (unpaired) electrons. The number of amides is 1. The molecule has 4 aromatic rings. The van der Waals surface area contributed by atoms with Crippen LogP contribution in [0, 0.1) is 0 Å². The summed E-state index contributed by atoms with van der Waals surface area (Å²) in [5.74, 6) is -0.253. The molecule has 34 heavy (non-hydrogen) atoms. The van der Waals surface area contributed by atoms with E-state index in [4.69, 9.17) is 4.74 Å². The van der Waals surface area contributed by atoms with Crippen molar-refractivity contribution in [3.05, 3.63) is 88.9 Å². The van der Waals surface area contributed by atoms with Crippen molar-refractivity contribution >= 4 is 16.8 Å². The van der Waals surface area contributed by atoms with Crippen molar-refractivity contribution in [3.63, 3.8) is 0 Å². The number of para-hydroxylation sites is 1. The number of nitrogens with zero attached hydrogens (tertiary/aromatic N) is 3. The number of aliphatic hydroxyl groups excluding tert-OH is 1. The zero-order chi connectivity index (χ0) is 23.5. The lowest BCUT2D eigenvalue weighted by Crippen LogP contribution is -2.32. The summed E-state index contributed by atoms with van der Waals surface area (Å²) < 4.78 is 6.84. The second-order valence-corrected chi connectivity index (χ2v) is 8.49. The molecule has 1 atom stereocenters. The number of nitrogens with one attached hydrogen (secondary N) is 2. The first-order valence-electron chi connectivity index (χ1n) is 11.6. The Labute approximate surface area is 198 Å². The van der Waals surface area contributed by atoms with Crippen molar-refractivity contribution in [1.29, 1.82) is 0 Å². The molecular weight excluding hydrogens is 430 g/mol. The Balaban J connectivity index is 1.39. The zero-order valence-electron chi connectivity index (χ0n) is 19.2. The number of aliphatic hydroxyl groups is 1. The highest BCUT2D eigenvalue weighted by atomic mass is 16.6. The number of carbonyl (C=O) groups is 1. The molecule has 1 unspecified atom stereocenters. The molecule has 1 aliphatic heterocycles. The number of ether oxygens (including phenoxy) is 1. The van der Waals surface area contributed by atoms with Crippen LogP contribution in [0.1, 0.15) is 46.2 Å². The van der Waals surface area contributed by atoms with Crippen LogP contribution >= 0.6 is 0 Å². The van der Waals surface area contributed by atoms with Crippen molar-refractivity contribution in [2.24, 2.45) is 0 Å². The summed E-state index contributed by atoms with van der Waals surface area (Å²) in [5.41, 5.74) is 5.38. The molecule has 2 aromatic carbocycles. The van der Waals surface area contributed by atoms with Gasteiger partial charge in [-0.3, -0.25) is 9.69 Å². The van der Waals surface area contributed by atoms with E-state index >= 15 is 0 Å². The average Bonchev–Trinajstić information content (AvgIpc) is 3.45. The molecule has 1 amide bonds. The van der Waals surface area contributed by atoms with E-state index in [2.05, 4.69) is 38.6 Å².